The number of fused-ring (bicyclic) bond motifs is 1. The maximum absolute atomic E-state index is 15.8. The van der Waals surface area contributed by atoms with Gasteiger partial charge in [0.1, 0.15) is 11.6 Å². The molecular weight excluding hydrogens is 539 g/mol. The van der Waals surface area contributed by atoms with Crippen molar-refractivity contribution in [2.24, 2.45) is 11.8 Å². The van der Waals surface area contributed by atoms with Crippen LogP contribution < -0.4 is 29.9 Å². The Kier molecular flexibility index (Phi) is 7.67. The van der Waals surface area contributed by atoms with Gasteiger partial charge in [0.05, 0.1) is 26.5 Å². The standard InChI is InChI=1S/C31H39FN6O4/c1-5-25(39)34-22-13-19(17-7-6-8-17)11-12-21(22)35-30-33-15-20-16-38(31(40)37(2)29(20)36-30)28-26(18-9-10-18)23(41-3)14-24(42-4)27(28)32/h5,14-15,17-19,21-22H,1,6-13,16H2,2-4H3,(H,34,39)(H,33,35,36)/t19?,21-,22+/m1/s1. The first-order valence-electron chi connectivity index (χ1n) is 14.9. The summed E-state index contributed by atoms with van der Waals surface area (Å²) in [5.74, 6) is 2.06. The van der Waals surface area contributed by atoms with Crippen LogP contribution in [0.25, 0.3) is 0 Å². The number of hydrogen-bond donors (Lipinski definition) is 2. The second-order valence-corrected chi connectivity index (χ2v) is 11.9. The van der Waals surface area contributed by atoms with E-state index in [-0.39, 0.29) is 41.9 Å². The van der Waals surface area contributed by atoms with Crippen molar-refractivity contribution < 1.29 is 23.5 Å². The van der Waals surface area contributed by atoms with E-state index in [1.54, 1.807) is 19.3 Å². The van der Waals surface area contributed by atoms with Crippen molar-refractivity contribution in [2.75, 3.05) is 36.4 Å². The number of carbonyl (C=O) groups excluding carboxylic acids is 2. The van der Waals surface area contributed by atoms with Gasteiger partial charge in [0.25, 0.3) is 0 Å². The number of urea groups is 1. The normalized spacial score (nSPS) is 24.0. The molecule has 1 aliphatic heterocycles. The average molecular weight is 579 g/mol. The summed E-state index contributed by atoms with van der Waals surface area (Å²) >= 11 is 0. The zero-order chi connectivity index (χ0) is 29.5. The summed E-state index contributed by atoms with van der Waals surface area (Å²) in [6, 6.07) is 1.02. The summed E-state index contributed by atoms with van der Waals surface area (Å²) in [6.45, 7) is 3.72. The molecule has 11 heteroatoms. The SMILES string of the molecule is C=CC(=O)N[C@H]1CC(C2CCC2)CC[C@H]1Nc1ncc2c(n1)N(C)C(=O)N(c1c(F)c(OC)cc(OC)c1C1CC1)C2. The first kappa shape index (κ1) is 28.2. The first-order valence-corrected chi connectivity index (χ1v) is 14.9. The van der Waals surface area contributed by atoms with Crippen LogP contribution in [0.5, 0.6) is 11.5 Å². The molecule has 0 saturated heterocycles. The van der Waals surface area contributed by atoms with Gasteiger partial charge in [-0.3, -0.25) is 14.6 Å². The summed E-state index contributed by atoms with van der Waals surface area (Å²) in [5, 5.41) is 6.56. The Hall–Kier alpha value is -3.89. The van der Waals surface area contributed by atoms with Crippen LogP contribution in [-0.2, 0) is 11.3 Å². The van der Waals surface area contributed by atoms with Gasteiger partial charge in [0.2, 0.25) is 11.9 Å². The Labute approximate surface area is 245 Å². The number of carbonyl (C=O) groups is 2. The lowest BCUT2D eigenvalue weighted by Gasteiger charge is -2.43. The number of halogens is 1. The highest BCUT2D eigenvalue weighted by atomic mass is 19.1. The van der Waals surface area contributed by atoms with Gasteiger partial charge in [-0.15, -0.1) is 0 Å². The lowest BCUT2D eigenvalue weighted by molar-refractivity contribution is -0.117. The van der Waals surface area contributed by atoms with E-state index in [4.69, 9.17) is 14.5 Å². The second-order valence-electron chi connectivity index (χ2n) is 11.9. The molecule has 0 spiro atoms. The highest BCUT2D eigenvalue weighted by molar-refractivity contribution is 6.06. The zero-order valence-electron chi connectivity index (χ0n) is 24.5. The van der Waals surface area contributed by atoms with E-state index in [1.807, 2.05) is 0 Å². The van der Waals surface area contributed by atoms with Gasteiger partial charge >= 0.3 is 6.03 Å². The third kappa shape index (κ3) is 5.13. The van der Waals surface area contributed by atoms with E-state index in [2.05, 4.69) is 22.2 Å². The zero-order valence-corrected chi connectivity index (χ0v) is 24.5. The molecule has 3 fully saturated rings. The molecule has 3 amide bonds. The lowest BCUT2D eigenvalue weighted by Crippen LogP contribution is -2.51. The van der Waals surface area contributed by atoms with Crippen LogP contribution in [0, 0.1) is 17.7 Å². The fourth-order valence-electron chi connectivity index (χ4n) is 6.80. The van der Waals surface area contributed by atoms with Gasteiger partial charge in [-0.25, -0.2) is 14.2 Å². The van der Waals surface area contributed by atoms with Gasteiger partial charge in [0.15, 0.2) is 11.6 Å². The minimum Gasteiger partial charge on any atom is -0.496 e. The van der Waals surface area contributed by atoms with Gasteiger partial charge in [-0.2, -0.15) is 4.98 Å². The molecule has 3 atom stereocenters. The van der Waals surface area contributed by atoms with Crippen LogP contribution in [0.2, 0.25) is 0 Å². The number of aromatic nitrogens is 2. The van der Waals surface area contributed by atoms with Crippen molar-refractivity contribution in [3.8, 4) is 11.5 Å². The predicted octanol–water partition coefficient (Wildman–Crippen LogP) is 5.14. The highest BCUT2D eigenvalue weighted by Gasteiger charge is 2.41. The van der Waals surface area contributed by atoms with Crippen molar-refractivity contribution in [2.45, 2.75) is 75.9 Å². The van der Waals surface area contributed by atoms with Crippen LogP contribution in [0.4, 0.5) is 26.6 Å². The van der Waals surface area contributed by atoms with Crippen molar-refractivity contribution >= 4 is 29.4 Å². The lowest BCUT2D eigenvalue weighted by atomic mass is 9.68. The largest absolute Gasteiger partial charge is 0.496 e. The van der Waals surface area contributed by atoms with E-state index in [0.717, 1.165) is 38.0 Å². The van der Waals surface area contributed by atoms with Crippen molar-refractivity contribution in [3.05, 3.63) is 41.9 Å². The van der Waals surface area contributed by atoms with E-state index in [9.17, 15) is 9.59 Å². The molecule has 2 aromatic rings. The van der Waals surface area contributed by atoms with Crippen LogP contribution in [0.15, 0.2) is 24.9 Å². The van der Waals surface area contributed by atoms with E-state index in [1.165, 1.54) is 49.4 Å². The topological polar surface area (TPSA) is 109 Å². The summed E-state index contributed by atoms with van der Waals surface area (Å²) in [5.41, 5.74) is 1.56. The van der Waals surface area contributed by atoms with Crippen LogP contribution in [-0.4, -0.2) is 55.3 Å². The van der Waals surface area contributed by atoms with E-state index in [0.29, 0.717) is 34.6 Å². The number of anilines is 3. The highest BCUT2D eigenvalue weighted by Crippen LogP contribution is 2.52. The van der Waals surface area contributed by atoms with Gasteiger partial charge in [-0.1, -0.05) is 25.8 Å². The molecule has 3 saturated carbocycles. The minimum absolute atomic E-state index is 0.0217. The fraction of sp³-hybridized carbons (Fsp3) is 0.548. The van der Waals surface area contributed by atoms with Gasteiger partial charge in [0, 0.05) is 42.5 Å². The Balaban J connectivity index is 1.26. The number of nitrogens with zero attached hydrogens (tertiary/aromatic N) is 4. The molecule has 224 valence electrons. The number of methoxy groups -OCH3 is 2. The number of nitrogens with one attached hydrogen (secondary N) is 2. The number of hydrogen-bond acceptors (Lipinski definition) is 7. The Morgan fingerprint density at radius 1 is 1.10 bits per heavy atom. The quantitative estimate of drug-likeness (QED) is 0.397. The summed E-state index contributed by atoms with van der Waals surface area (Å²) in [6.07, 6.45) is 11.5. The number of ether oxygens (including phenoxy) is 2. The maximum atomic E-state index is 15.8. The van der Waals surface area contributed by atoms with Crippen LogP contribution in [0.1, 0.15) is 68.4 Å². The van der Waals surface area contributed by atoms with Crippen LogP contribution >= 0.6 is 0 Å². The number of amides is 3. The summed E-state index contributed by atoms with van der Waals surface area (Å²) in [7, 11) is 4.57. The van der Waals surface area contributed by atoms with E-state index < -0.39 is 11.8 Å². The van der Waals surface area contributed by atoms with Crippen molar-refractivity contribution in [3.63, 3.8) is 0 Å². The molecule has 10 nitrogen and oxygen atoms in total. The molecule has 1 aromatic carbocycles. The predicted molar refractivity (Wildman–Crippen MR) is 158 cm³/mol. The Bertz CT molecular complexity index is 1390. The molecule has 2 heterocycles. The molecule has 6 rings (SSSR count). The molecule has 42 heavy (non-hydrogen) atoms. The van der Waals surface area contributed by atoms with Crippen molar-refractivity contribution in [1.29, 1.82) is 0 Å². The third-order valence-corrected chi connectivity index (χ3v) is 9.44. The molecule has 0 radical (unpaired) electrons. The minimum atomic E-state index is -0.588. The molecule has 2 N–H and O–H groups in total. The summed E-state index contributed by atoms with van der Waals surface area (Å²) < 4.78 is 26.7. The second kappa shape index (κ2) is 11.4. The molecular formula is C31H39FN6O4. The van der Waals surface area contributed by atoms with Crippen LogP contribution in [0.3, 0.4) is 0 Å². The number of benzene rings is 1. The molecule has 3 aliphatic carbocycles. The monoisotopic (exact) mass is 578 g/mol. The number of rotatable bonds is 9. The summed E-state index contributed by atoms with van der Waals surface area (Å²) in [4.78, 5) is 38.2. The average Bonchev–Trinajstić information content (AvgIpc) is 3.81. The molecule has 0 bridgehead atoms. The third-order valence-electron chi connectivity index (χ3n) is 9.44. The molecule has 4 aliphatic rings. The van der Waals surface area contributed by atoms with Gasteiger partial charge < -0.3 is 20.1 Å². The van der Waals surface area contributed by atoms with Crippen molar-refractivity contribution in [1.82, 2.24) is 15.3 Å². The van der Waals surface area contributed by atoms with Gasteiger partial charge in [-0.05, 0) is 55.9 Å². The fourth-order valence-corrected chi connectivity index (χ4v) is 6.80. The van der Waals surface area contributed by atoms with E-state index >= 15 is 4.39 Å². The maximum Gasteiger partial charge on any atom is 0.330 e. The molecule has 1 unspecified atom stereocenters. The first-order chi connectivity index (χ1) is 20.3. The Morgan fingerprint density at radius 3 is 2.50 bits per heavy atom. The Morgan fingerprint density at radius 2 is 1.86 bits per heavy atom. The molecule has 1 aromatic heterocycles. The smallest absolute Gasteiger partial charge is 0.330 e.